The number of hydrogen-bond donors (Lipinski definition) is 1. The highest BCUT2D eigenvalue weighted by Crippen LogP contribution is 2.22. The Bertz CT molecular complexity index is 409. The van der Waals surface area contributed by atoms with Gasteiger partial charge in [-0.15, -0.1) is 12.4 Å². The average Bonchev–Trinajstić information content (AvgIpc) is 2.38. The molecule has 0 spiro atoms. The summed E-state index contributed by atoms with van der Waals surface area (Å²) in [6, 6.07) is 7.67. The Morgan fingerprint density at radius 1 is 1.44 bits per heavy atom. The van der Waals surface area contributed by atoms with Crippen LogP contribution in [-0.2, 0) is 0 Å². The number of nitrogens with zero attached hydrogens (tertiary/aromatic N) is 1. The van der Waals surface area contributed by atoms with Crippen LogP contribution in [0.15, 0.2) is 24.3 Å². The largest absolute Gasteiger partial charge is 0.399 e. The molecular weight excluding hydrogens is 248 g/mol. The van der Waals surface area contributed by atoms with Gasteiger partial charge in [-0.3, -0.25) is 4.79 Å². The predicted octanol–water partition coefficient (Wildman–Crippen LogP) is 3.10. The lowest BCUT2D eigenvalue weighted by Crippen LogP contribution is -2.43. The van der Waals surface area contributed by atoms with Crippen molar-refractivity contribution >= 4 is 24.0 Å². The van der Waals surface area contributed by atoms with Gasteiger partial charge in [-0.05, 0) is 43.9 Å². The summed E-state index contributed by atoms with van der Waals surface area (Å²) in [6.45, 7) is 3.03. The minimum atomic E-state index is 0. The van der Waals surface area contributed by atoms with Gasteiger partial charge in [0.1, 0.15) is 0 Å². The monoisotopic (exact) mass is 268 g/mol. The molecule has 0 aromatic heterocycles. The first-order chi connectivity index (χ1) is 8.22. The fourth-order valence-corrected chi connectivity index (χ4v) is 2.53. The maximum absolute atomic E-state index is 12.4. The number of piperidine rings is 1. The van der Waals surface area contributed by atoms with Crippen LogP contribution in [0.4, 0.5) is 5.69 Å². The van der Waals surface area contributed by atoms with Crippen LogP contribution in [0, 0.1) is 0 Å². The van der Waals surface area contributed by atoms with E-state index >= 15 is 0 Å². The Balaban J connectivity index is 0.00000162. The van der Waals surface area contributed by atoms with E-state index in [1.165, 1.54) is 6.42 Å². The Labute approximate surface area is 115 Å². The van der Waals surface area contributed by atoms with Crippen LogP contribution in [0.1, 0.15) is 43.0 Å². The molecule has 1 unspecified atom stereocenters. The number of likely N-dealkylation sites (tertiary alicyclic amines) is 1. The Hall–Kier alpha value is -1.22. The fourth-order valence-electron chi connectivity index (χ4n) is 2.53. The number of halogens is 1. The summed E-state index contributed by atoms with van der Waals surface area (Å²) < 4.78 is 0. The van der Waals surface area contributed by atoms with E-state index in [0.717, 1.165) is 25.8 Å². The van der Waals surface area contributed by atoms with Crippen molar-refractivity contribution in [3.8, 4) is 0 Å². The van der Waals surface area contributed by atoms with Crippen molar-refractivity contribution in [3.63, 3.8) is 0 Å². The van der Waals surface area contributed by atoms with Crippen molar-refractivity contribution in [1.82, 2.24) is 4.90 Å². The van der Waals surface area contributed by atoms with Gasteiger partial charge in [-0.25, -0.2) is 0 Å². The molecule has 4 heteroatoms. The molecule has 0 bridgehead atoms. The highest BCUT2D eigenvalue weighted by atomic mass is 35.5. The van der Waals surface area contributed by atoms with Gasteiger partial charge in [0.15, 0.2) is 0 Å². The zero-order valence-electron chi connectivity index (χ0n) is 10.8. The molecule has 2 N–H and O–H groups in total. The van der Waals surface area contributed by atoms with Crippen molar-refractivity contribution in [3.05, 3.63) is 29.8 Å². The van der Waals surface area contributed by atoms with E-state index in [0.29, 0.717) is 17.3 Å². The maximum atomic E-state index is 12.4. The molecule has 1 aliphatic heterocycles. The van der Waals surface area contributed by atoms with E-state index in [9.17, 15) is 4.79 Å². The molecule has 1 aromatic carbocycles. The first-order valence-electron chi connectivity index (χ1n) is 6.39. The summed E-state index contributed by atoms with van der Waals surface area (Å²) in [6.07, 6.45) is 4.52. The number of benzene rings is 1. The predicted molar refractivity (Wildman–Crippen MR) is 77.1 cm³/mol. The minimum Gasteiger partial charge on any atom is -0.399 e. The molecule has 1 amide bonds. The highest BCUT2D eigenvalue weighted by Gasteiger charge is 2.25. The summed E-state index contributed by atoms with van der Waals surface area (Å²) >= 11 is 0. The normalized spacial score (nSPS) is 19.2. The maximum Gasteiger partial charge on any atom is 0.254 e. The van der Waals surface area contributed by atoms with Crippen molar-refractivity contribution in [2.45, 2.75) is 38.6 Å². The van der Waals surface area contributed by atoms with Gasteiger partial charge in [-0.2, -0.15) is 0 Å². The van der Waals surface area contributed by atoms with Crippen LogP contribution in [0.2, 0.25) is 0 Å². The van der Waals surface area contributed by atoms with E-state index in [1.54, 1.807) is 6.07 Å². The molecule has 0 saturated carbocycles. The lowest BCUT2D eigenvalue weighted by atomic mass is 9.99. The molecule has 0 aliphatic carbocycles. The van der Waals surface area contributed by atoms with E-state index in [-0.39, 0.29) is 18.3 Å². The van der Waals surface area contributed by atoms with Gasteiger partial charge >= 0.3 is 0 Å². The molecule has 1 atom stereocenters. The first kappa shape index (κ1) is 14.8. The molecule has 100 valence electrons. The molecule has 18 heavy (non-hydrogen) atoms. The number of amides is 1. The molecule has 1 fully saturated rings. The van der Waals surface area contributed by atoms with Crippen LogP contribution < -0.4 is 5.73 Å². The van der Waals surface area contributed by atoms with Crippen LogP contribution in [0.3, 0.4) is 0 Å². The topological polar surface area (TPSA) is 46.3 Å². The van der Waals surface area contributed by atoms with Gasteiger partial charge in [0.25, 0.3) is 5.91 Å². The molecule has 3 nitrogen and oxygen atoms in total. The van der Waals surface area contributed by atoms with Crippen molar-refractivity contribution in [1.29, 1.82) is 0 Å². The molecule has 1 saturated heterocycles. The van der Waals surface area contributed by atoms with Crippen LogP contribution in [0.5, 0.6) is 0 Å². The van der Waals surface area contributed by atoms with Crippen LogP contribution >= 0.6 is 12.4 Å². The van der Waals surface area contributed by atoms with Gasteiger partial charge in [0.05, 0.1) is 0 Å². The zero-order valence-corrected chi connectivity index (χ0v) is 11.6. The van der Waals surface area contributed by atoms with Gasteiger partial charge in [0, 0.05) is 23.8 Å². The highest BCUT2D eigenvalue weighted by molar-refractivity contribution is 5.95. The van der Waals surface area contributed by atoms with Crippen molar-refractivity contribution in [2.75, 3.05) is 12.3 Å². The zero-order chi connectivity index (χ0) is 12.3. The number of carbonyl (C=O) groups excluding carboxylic acids is 1. The van der Waals surface area contributed by atoms with E-state index in [4.69, 9.17) is 5.73 Å². The lowest BCUT2D eigenvalue weighted by Gasteiger charge is -2.35. The number of nitrogen functional groups attached to an aromatic ring is 1. The average molecular weight is 269 g/mol. The van der Waals surface area contributed by atoms with Crippen LogP contribution in [-0.4, -0.2) is 23.4 Å². The molecule has 2 rings (SSSR count). The number of rotatable bonds is 2. The third-order valence-corrected chi connectivity index (χ3v) is 3.49. The van der Waals surface area contributed by atoms with Crippen molar-refractivity contribution < 1.29 is 4.79 Å². The summed E-state index contributed by atoms with van der Waals surface area (Å²) in [7, 11) is 0. The van der Waals surface area contributed by atoms with E-state index in [2.05, 4.69) is 6.92 Å². The summed E-state index contributed by atoms with van der Waals surface area (Å²) in [5.41, 5.74) is 7.09. The minimum absolute atomic E-state index is 0. The molecule has 1 aliphatic rings. The Morgan fingerprint density at radius 3 is 2.89 bits per heavy atom. The third-order valence-electron chi connectivity index (χ3n) is 3.49. The van der Waals surface area contributed by atoms with Crippen molar-refractivity contribution in [2.24, 2.45) is 0 Å². The van der Waals surface area contributed by atoms with E-state index in [1.807, 2.05) is 23.1 Å². The second-order valence-electron chi connectivity index (χ2n) is 4.68. The Kier molecular flexibility index (Phi) is 5.48. The molecule has 1 heterocycles. The van der Waals surface area contributed by atoms with Gasteiger partial charge in [0.2, 0.25) is 0 Å². The summed E-state index contributed by atoms with van der Waals surface area (Å²) in [5, 5.41) is 0. The number of carbonyl (C=O) groups is 1. The fraction of sp³-hybridized carbons (Fsp3) is 0.500. The second-order valence-corrected chi connectivity index (χ2v) is 4.68. The van der Waals surface area contributed by atoms with Crippen LogP contribution in [0.25, 0.3) is 0 Å². The van der Waals surface area contributed by atoms with E-state index < -0.39 is 0 Å². The Morgan fingerprint density at radius 2 is 2.22 bits per heavy atom. The quantitative estimate of drug-likeness (QED) is 0.838. The second kappa shape index (κ2) is 6.64. The number of hydrogen-bond acceptors (Lipinski definition) is 2. The summed E-state index contributed by atoms with van der Waals surface area (Å²) in [4.78, 5) is 14.4. The molecular formula is C14H21ClN2O. The first-order valence-corrected chi connectivity index (χ1v) is 6.39. The SMILES string of the molecule is CCC1CCCCN1C(=O)c1cccc(N)c1.Cl. The smallest absolute Gasteiger partial charge is 0.254 e. The lowest BCUT2D eigenvalue weighted by molar-refractivity contribution is 0.0608. The van der Waals surface area contributed by atoms with Gasteiger partial charge in [-0.1, -0.05) is 13.0 Å². The van der Waals surface area contributed by atoms with Gasteiger partial charge < -0.3 is 10.6 Å². The third kappa shape index (κ3) is 3.16. The molecule has 0 radical (unpaired) electrons. The standard InChI is InChI=1S/C14H20N2O.ClH/c1-2-13-8-3-4-9-16(13)14(17)11-6-5-7-12(15)10-11;/h5-7,10,13H,2-4,8-9,15H2,1H3;1H. The molecule has 1 aromatic rings. The number of anilines is 1. The number of nitrogens with two attached hydrogens (primary N) is 1. The summed E-state index contributed by atoms with van der Waals surface area (Å²) in [5.74, 6) is 0.129.